The average Bonchev–Trinajstić information content (AvgIpc) is 2.29. The number of carbonyl (C=O) groups is 1. The second-order valence-electron chi connectivity index (χ2n) is 3.40. The van der Waals surface area contributed by atoms with Gasteiger partial charge in [0.1, 0.15) is 0 Å². The number of aliphatic hydroxyl groups is 1. The Morgan fingerprint density at radius 1 is 1.53 bits per heavy atom. The Balaban J connectivity index is 3.05. The van der Waals surface area contributed by atoms with Gasteiger partial charge in [0.05, 0.1) is 13.2 Å². The highest BCUT2D eigenvalue weighted by atomic mass is 79.9. The van der Waals surface area contributed by atoms with Gasteiger partial charge in [0.2, 0.25) is 0 Å². The van der Waals surface area contributed by atoms with E-state index in [1.165, 1.54) is 0 Å². The van der Waals surface area contributed by atoms with Gasteiger partial charge in [0.25, 0.3) is 0 Å². The first-order valence-electron chi connectivity index (χ1n) is 5.22. The van der Waals surface area contributed by atoms with Crippen molar-refractivity contribution >= 4 is 21.9 Å². The van der Waals surface area contributed by atoms with Crippen LogP contribution in [0.3, 0.4) is 0 Å². The summed E-state index contributed by atoms with van der Waals surface area (Å²) in [6, 6.07) is 5.38. The summed E-state index contributed by atoms with van der Waals surface area (Å²) in [6.45, 7) is 2.26. The largest absolute Gasteiger partial charge is 0.464 e. The molecule has 0 saturated carbocycles. The van der Waals surface area contributed by atoms with Crippen LogP contribution in [0.2, 0.25) is 0 Å². The molecule has 0 aromatic heterocycles. The summed E-state index contributed by atoms with van der Waals surface area (Å²) in [5.41, 5.74) is 1.25. The quantitative estimate of drug-likeness (QED) is 0.847. The fraction of sp³-hybridized carbons (Fsp3) is 0.417. The first-order chi connectivity index (χ1) is 8.11. The van der Waals surface area contributed by atoms with Crippen LogP contribution in [0, 0.1) is 0 Å². The third-order valence-electron chi connectivity index (χ3n) is 2.23. The van der Waals surface area contributed by atoms with Crippen molar-refractivity contribution in [3.8, 4) is 0 Å². The molecular weight excluding hydrogens is 288 g/mol. The van der Waals surface area contributed by atoms with Crippen molar-refractivity contribution in [2.45, 2.75) is 19.6 Å². The summed E-state index contributed by atoms with van der Waals surface area (Å²) in [7, 11) is 1.56. The predicted octanol–water partition coefficient (Wildman–Crippen LogP) is 2.19. The second-order valence-corrected chi connectivity index (χ2v) is 4.25. The third kappa shape index (κ3) is 3.52. The van der Waals surface area contributed by atoms with Gasteiger partial charge in [0, 0.05) is 17.1 Å². The molecule has 1 N–H and O–H groups in total. The number of aliphatic hydroxyl groups excluding tert-OH is 1. The number of carbonyl (C=O) groups excluding carboxylic acids is 1. The molecule has 1 aromatic rings. The maximum Gasteiger partial charge on any atom is 0.339 e. The van der Waals surface area contributed by atoms with E-state index < -0.39 is 12.1 Å². The lowest BCUT2D eigenvalue weighted by Gasteiger charge is -2.15. The number of benzene rings is 1. The maximum absolute atomic E-state index is 11.5. The van der Waals surface area contributed by atoms with Crippen LogP contribution in [0.25, 0.3) is 0 Å². The lowest BCUT2D eigenvalue weighted by molar-refractivity contribution is -0.153. The van der Waals surface area contributed by atoms with E-state index in [1.54, 1.807) is 26.2 Å². The van der Waals surface area contributed by atoms with E-state index in [-0.39, 0.29) is 6.61 Å². The molecule has 0 bridgehead atoms. The van der Waals surface area contributed by atoms with Crippen LogP contribution in [0.15, 0.2) is 22.7 Å². The highest BCUT2D eigenvalue weighted by molar-refractivity contribution is 9.10. The van der Waals surface area contributed by atoms with Crippen LogP contribution in [0.5, 0.6) is 0 Å². The molecule has 17 heavy (non-hydrogen) atoms. The van der Waals surface area contributed by atoms with E-state index in [0.717, 1.165) is 5.56 Å². The number of ether oxygens (including phenoxy) is 2. The smallest absolute Gasteiger partial charge is 0.339 e. The molecule has 0 aliphatic carbocycles. The minimum atomic E-state index is -1.30. The van der Waals surface area contributed by atoms with Gasteiger partial charge in [-0.3, -0.25) is 0 Å². The minimum absolute atomic E-state index is 0.236. The topological polar surface area (TPSA) is 55.8 Å². The highest BCUT2D eigenvalue weighted by Gasteiger charge is 2.23. The number of rotatable bonds is 5. The molecule has 1 unspecified atom stereocenters. The second kappa shape index (κ2) is 6.74. The summed E-state index contributed by atoms with van der Waals surface area (Å²) in [6.07, 6.45) is -1.30. The minimum Gasteiger partial charge on any atom is -0.464 e. The fourth-order valence-corrected chi connectivity index (χ4v) is 2.13. The Morgan fingerprint density at radius 3 is 2.82 bits per heavy atom. The Morgan fingerprint density at radius 2 is 2.24 bits per heavy atom. The van der Waals surface area contributed by atoms with Gasteiger partial charge in [0.15, 0.2) is 6.10 Å². The van der Waals surface area contributed by atoms with Gasteiger partial charge in [-0.25, -0.2) is 4.79 Å². The Kier molecular flexibility index (Phi) is 5.61. The zero-order valence-electron chi connectivity index (χ0n) is 9.77. The maximum atomic E-state index is 11.5. The Bertz CT molecular complexity index is 392. The molecule has 0 fully saturated rings. The Labute approximate surface area is 109 Å². The van der Waals surface area contributed by atoms with Gasteiger partial charge >= 0.3 is 5.97 Å². The summed E-state index contributed by atoms with van der Waals surface area (Å²) < 4.78 is 10.5. The predicted molar refractivity (Wildman–Crippen MR) is 66.4 cm³/mol. The summed E-state index contributed by atoms with van der Waals surface area (Å²) >= 11 is 3.31. The molecule has 1 rings (SSSR count). The average molecular weight is 303 g/mol. The van der Waals surface area contributed by atoms with Crippen molar-refractivity contribution in [1.29, 1.82) is 0 Å². The number of esters is 1. The monoisotopic (exact) mass is 302 g/mol. The SMILES string of the molecule is CCOC(=O)C(O)c1c(Br)cccc1COC. The van der Waals surface area contributed by atoms with Gasteiger partial charge in [-0.05, 0) is 18.6 Å². The summed E-state index contributed by atoms with van der Waals surface area (Å²) in [5.74, 6) is -0.656. The molecule has 0 aliphatic heterocycles. The molecule has 1 aromatic carbocycles. The van der Waals surface area contributed by atoms with Crippen molar-refractivity contribution in [1.82, 2.24) is 0 Å². The fourth-order valence-electron chi connectivity index (χ4n) is 1.51. The molecule has 0 amide bonds. The molecule has 0 heterocycles. The van der Waals surface area contributed by atoms with Crippen LogP contribution in [0.1, 0.15) is 24.2 Å². The molecule has 94 valence electrons. The van der Waals surface area contributed by atoms with Crippen LogP contribution in [-0.4, -0.2) is 24.8 Å². The van der Waals surface area contributed by atoms with E-state index in [4.69, 9.17) is 9.47 Å². The van der Waals surface area contributed by atoms with Gasteiger partial charge in [-0.2, -0.15) is 0 Å². The van der Waals surface area contributed by atoms with Crippen molar-refractivity contribution in [3.05, 3.63) is 33.8 Å². The van der Waals surface area contributed by atoms with E-state index in [2.05, 4.69) is 15.9 Å². The zero-order valence-corrected chi connectivity index (χ0v) is 11.4. The molecule has 0 spiro atoms. The highest BCUT2D eigenvalue weighted by Crippen LogP contribution is 2.28. The number of hydrogen-bond donors (Lipinski definition) is 1. The molecule has 1 atom stereocenters. The normalized spacial score (nSPS) is 12.2. The van der Waals surface area contributed by atoms with Gasteiger partial charge in [-0.15, -0.1) is 0 Å². The van der Waals surface area contributed by atoms with E-state index >= 15 is 0 Å². The first-order valence-corrected chi connectivity index (χ1v) is 6.02. The number of hydrogen-bond acceptors (Lipinski definition) is 4. The van der Waals surface area contributed by atoms with Crippen molar-refractivity contribution in [2.75, 3.05) is 13.7 Å². The lowest BCUT2D eigenvalue weighted by atomic mass is 10.0. The van der Waals surface area contributed by atoms with E-state index in [9.17, 15) is 9.90 Å². The van der Waals surface area contributed by atoms with Crippen LogP contribution >= 0.6 is 15.9 Å². The summed E-state index contributed by atoms with van der Waals surface area (Å²) in [4.78, 5) is 11.5. The van der Waals surface area contributed by atoms with E-state index in [0.29, 0.717) is 16.6 Å². The lowest BCUT2D eigenvalue weighted by Crippen LogP contribution is -2.17. The van der Waals surface area contributed by atoms with Crippen molar-refractivity contribution < 1.29 is 19.4 Å². The zero-order chi connectivity index (χ0) is 12.8. The summed E-state index contributed by atoms with van der Waals surface area (Å²) in [5, 5.41) is 9.95. The molecular formula is C12H15BrO4. The van der Waals surface area contributed by atoms with E-state index in [1.807, 2.05) is 6.07 Å². The Hall–Kier alpha value is -0.910. The molecule has 0 aliphatic rings. The first kappa shape index (κ1) is 14.2. The number of methoxy groups -OCH3 is 1. The molecule has 4 nitrogen and oxygen atoms in total. The number of halogens is 1. The van der Waals surface area contributed by atoms with Crippen molar-refractivity contribution in [2.24, 2.45) is 0 Å². The molecule has 5 heteroatoms. The van der Waals surface area contributed by atoms with Crippen molar-refractivity contribution in [3.63, 3.8) is 0 Å². The molecule has 0 saturated heterocycles. The van der Waals surface area contributed by atoms with Crippen LogP contribution < -0.4 is 0 Å². The van der Waals surface area contributed by atoms with Crippen LogP contribution in [-0.2, 0) is 20.9 Å². The van der Waals surface area contributed by atoms with Crippen LogP contribution in [0.4, 0.5) is 0 Å². The van der Waals surface area contributed by atoms with Gasteiger partial charge in [-0.1, -0.05) is 28.1 Å². The van der Waals surface area contributed by atoms with Gasteiger partial charge < -0.3 is 14.6 Å². The molecule has 0 radical (unpaired) electrons. The standard InChI is InChI=1S/C12H15BrO4/c1-3-17-12(15)11(14)10-8(7-16-2)5-4-6-9(10)13/h4-6,11,14H,3,7H2,1-2H3. The third-order valence-corrected chi connectivity index (χ3v) is 2.92.